The minimum atomic E-state index is -1.20. The Kier molecular flexibility index (Phi) is 35.5. The Balaban J connectivity index is 0.000000169. The number of allylic oxidation sites excluding steroid dienone is 2. The molecule has 0 unspecified atom stereocenters. The van der Waals surface area contributed by atoms with Crippen LogP contribution in [0.2, 0.25) is 0 Å². The number of hydrogen-bond donors (Lipinski definition) is 5. The Hall–Kier alpha value is -8.06. The number of aromatic nitrogens is 5. The summed E-state index contributed by atoms with van der Waals surface area (Å²) in [4.78, 5) is 98.7. The molecule has 0 atom stereocenters. The number of pyridine rings is 2. The number of unbranched alkanes of at least 4 members (excludes halogenated alkanes) is 1. The molecule has 0 radical (unpaired) electrons. The molecule has 7 aliphatic rings. The zero-order valence-electron chi connectivity index (χ0n) is 89.9. The third-order valence-corrected chi connectivity index (χ3v) is 36.8. The maximum Gasteiger partial charge on any atom is 1.00 e. The van der Waals surface area contributed by atoms with Crippen LogP contribution in [0.1, 0.15) is 392 Å². The van der Waals surface area contributed by atoms with Crippen LogP contribution in [0.15, 0.2) is 109 Å². The summed E-state index contributed by atoms with van der Waals surface area (Å²) < 4.78 is 0. The summed E-state index contributed by atoms with van der Waals surface area (Å²) in [6.07, 6.45) is 24.3. The van der Waals surface area contributed by atoms with Crippen molar-refractivity contribution in [1.82, 2.24) is 24.9 Å². The second-order valence-corrected chi connectivity index (χ2v) is 51.8. The predicted molar refractivity (Wildman–Crippen MR) is 577 cm³/mol. The molecule has 7 aromatic heterocycles. The van der Waals surface area contributed by atoms with E-state index < -0.39 is 29.8 Å². The molecule has 0 spiro atoms. The van der Waals surface area contributed by atoms with Crippen molar-refractivity contribution in [3.05, 3.63) is 201 Å². The summed E-state index contributed by atoms with van der Waals surface area (Å²) in [7, 11) is 0. The van der Waals surface area contributed by atoms with Gasteiger partial charge < -0.3 is 65.8 Å². The number of benzene rings is 3. The maximum atomic E-state index is 11.9. The quantitative estimate of drug-likeness (QED) is 0.0138. The molecule has 2 saturated carbocycles. The first-order chi connectivity index (χ1) is 65.3. The fourth-order valence-corrected chi connectivity index (χ4v) is 27.5. The van der Waals surface area contributed by atoms with E-state index in [9.17, 15) is 44.4 Å². The monoisotopic (exact) mass is 2040 g/mol. The first kappa shape index (κ1) is 114. The molecule has 17 rings (SSSR count). The van der Waals surface area contributed by atoms with Crippen LogP contribution in [0.5, 0.6) is 0 Å². The van der Waals surface area contributed by atoms with Crippen molar-refractivity contribution in [2.45, 2.75) is 356 Å². The predicted octanol–water partition coefficient (Wildman–Crippen LogP) is 21.2. The van der Waals surface area contributed by atoms with Gasteiger partial charge in [-0.15, -0.1) is 56.7 Å². The van der Waals surface area contributed by atoms with Gasteiger partial charge in [-0.3, -0.25) is 4.90 Å². The molecule has 0 bridgehead atoms. The molecule has 10 aromatic rings. The Morgan fingerprint density at radius 1 is 0.430 bits per heavy atom. The molecule has 3 aromatic carbocycles. The third kappa shape index (κ3) is 25.0. The molecular formula is C113H150N12Na2O10S5. The summed E-state index contributed by atoms with van der Waals surface area (Å²) in [5, 5.41) is 59.1. The van der Waals surface area contributed by atoms with Gasteiger partial charge in [0.1, 0.15) is 11.6 Å². The van der Waals surface area contributed by atoms with Gasteiger partial charge in [0, 0.05) is 136 Å². The molecule has 754 valence electrons. The fraction of sp³-hybridized carbons (Fsp3) is 0.540. The summed E-state index contributed by atoms with van der Waals surface area (Å²) in [6, 6.07) is 25.6. The first-order valence-corrected chi connectivity index (χ1v) is 54.2. The third-order valence-electron chi connectivity index (χ3n) is 29.1. The summed E-state index contributed by atoms with van der Waals surface area (Å²) in [5.41, 5.74) is 21.5. The number of nitrogens with two attached hydrogens (primary N) is 1. The van der Waals surface area contributed by atoms with Gasteiger partial charge in [-0.05, 0) is 238 Å². The average Bonchev–Trinajstić information content (AvgIpc) is 1.57. The van der Waals surface area contributed by atoms with E-state index >= 15 is 0 Å². The summed E-state index contributed by atoms with van der Waals surface area (Å²) >= 11 is 9.13. The van der Waals surface area contributed by atoms with Crippen LogP contribution < -0.4 is 105 Å². The zero-order valence-corrected chi connectivity index (χ0v) is 98.0. The van der Waals surface area contributed by atoms with E-state index in [1.54, 1.807) is 77.3 Å². The number of nitrogen functional groups attached to an aromatic ring is 1. The molecule has 7 aliphatic carbocycles. The average molecular weight is 2040 g/mol. The number of carbonyl (C=O) groups is 5. The Morgan fingerprint density at radius 3 is 1.23 bits per heavy atom. The first-order valence-electron chi connectivity index (χ1n) is 50.1. The number of nitrogens with zero attached hydrogens (tertiary/aromatic N) is 10. The van der Waals surface area contributed by atoms with Crippen molar-refractivity contribution in [3.8, 4) is 0 Å². The number of thiazole rings is 3. The summed E-state index contributed by atoms with van der Waals surface area (Å²) in [5.74, 6) is -2.76. The van der Waals surface area contributed by atoms with Crippen molar-refractivity contribution in [1.29, 1.82) is 0 Å². The van der Waals surface area contributed by atoms with Crippen molar-refractivity contribution in [3.63, 3.8) is 0 Å². The van der Waals surface area contributed by atoms with Crippen LogP contribution in [0, 0.1) is 25.7 Å². The SMILES string of the molecule is CC1(C)CCC(C)(C)c2sc(N(c3ccc(C(=O)[O-])cc3)C3CC3)nc21.CC1(C)CCC(C)(C)c2sc(N(c3ccc(C(=O)[O-])cn3)C3CC3)nc21.CCCCNc1cc(N(CC(C)C)c2sc3c(c2C)C(C)(C)CCC3(C)C)ccc1C(=O)O.CCCN(c1ccc(C(=O)O)cn1)c1nc2c(s1)C(C)(C)C=CC2(C)C.Cc1c(N(CC(C)C)c2ccc(C(=O)O)c(N)c2)sc2c1C(C)(C)CCC2(C)C.[Na+].[Na+]. The number of carboxylic acid groups (broad SMARTS) is 5. The number of carboxylic acids is 5. The normalized spacial score (nSPS) is 18.0. The van der Waals surface area contributed by atoms with Crippen LogP contribution in [-0.4, -0.2) is 108 Å². The van der Waals surface area contributed by atoms with E-state index in [1.165, 1.54) is 113 Å². The van der Waals surface area contributed by atoms with Gasteiger partial charge in [0.05, 0.1) is 61.4 Å². The van der Waals surface area contributed by atoms with E-state index in [2.05, 4.69) is 246 Å². The van der Waals surface area contributed by atoms with Gasteiger partial charge in [0.2, 0.25) is 0 Å². The van der Waals surface area contributed by atoms with Crippen molar-refractivity contribution < 1.29 is 109 Å². The number of fused-ring (bicyclic) bond motifs is 5. The molecule has 0 amide bonds. The zero-order chi connectivity index (χ0) is 103. The standard InChI is InChI=1S/C28H42N2O2S.C24H34N2O2S.C21H26N2O2S.2C20H25N3O2S.2Na/c1-9-10-15-29-22-16-20(11-12-21(22)26(31)32)30(17-18(2)3)25-19(4)23-24(33-25)28(7,8)14-13-27(23,5)6;1-14(2)13-26(16-8-9-17(22(27)28)18(25)12-16)21-15(3)19-20(29-21)24(6,7)11-10-23(19,4)5;1-20(2)11-12-21(3,4)17-16(20)22-19(26-17)23(15-9-10-15)14-7-5-13(6-8-14)18(24)25;1-19(2)9-10-20(3,4)16-15(19)22-18(26-16)23(13-6-7-13)14-8-5-12(11-21-14)17(24)25;1-6-11-23(14-8-7-13(12-21-14)17(24)25)18-22-15-16(26-18)20(4,5)10-9-19(15,2)3;;/h11-12,16,18,29H,9-10,13-15,17H2,1-8H3,(H,31,32);8-9,12,14H,10-11,13,25H2,1-7H3,(H,27,28);5-8,15H,9-12H2,1-4H3,(H,24,25);5,8,11,13H,6-7,9-10H2,1-4H3,(H,24,25);7-10,12H,6,11H2,1-5H3,(H,24,25);;/q;;;;;2*+1/p-2. The van der Waals surface area contributed by atoms with Crippen LogP contribution in [0.4, 0.5) is 65.5 Å². The minimum Gasteiger partial charge on any atom is -0.545 e. The van der Waals surface area contributed by atoms with E-state index in [-0.39, 0.29) is 136 Å². The van der Waals surface area contributed by atoms with Crippen LogP contribution in [0.3, 0.4) is 0 Å². The Labute approximate surface area is 908 Å². The molecule has 7 heterocycles. The number of hydrogen-bond acceptors (Lipinski definition) is 24. The van der Waals surface area contributed by atoms with Crippen molar-refractivity contribution >= 4 is 152 Å². The largest absolute Gasteiger partial charge is 1.00 e. The molecule has 0 saturated heterocycles. The molecular weight excluding hydrogens is 1890 g/mol. The van der Waals surface area contributed by atoms with Gasteiger partial charge in [0.25, 0.3) is 0 Å². The van der Waals surface area contributed by atoms with Gasteiger partial charge in [-0.2, -0.15) is 0 Å². The number of anilines is 12. The Morgan fingerprint density at radius 2 is 0.824 bits per heavy atom. The number of nitrogens with one attached hydrogen (secondary N) is 1. The van der Waals surface area contributed by atoms with Crippen LogP contribution >= 0.6 is 56.7 Å². The molecule has 22 nitrogen and oxygen atoms in total. The molecule has 2 fully saturated rings. The van der Waals surface area contributed by atoms with Crippen molar-refractivity contribution in [2.75, 3.05) is 61.7 Å². The van der Waals surface area contributed by atoms with E-state index in [0.29, 0.717) is 40.9 Å². The smallest absolute Gasteiger partial charge is 0.545 e. The van der Waals surface area contributed by atoms with Crippen molar-refractivity contribution in [2.24, 2.45) is 11.8 Å². The van der Waals surface area contributed by atoms with E-state index in [4.69, 9.17) is 25.8 Å². The molecule has 6 N–H and O–H groups in total. The number of rotatable bonds is 27. The number of aromatic carboxylic acids is 5. The molecule has 29 heteroatoms. The van der Waals surface area contributed by atoms with E-state index in [1.807, 2.05) is 64.3 Å². The van der Waals surface area contributed by atoms with Gasteiger partial charge in [-0.25, -0.2) is 39.3 Å². The number of thiophene rings is 2. The van der Waals surface area contributed by atoms with Gasteiger partial charge in [0.15, 0.2) is 15.4 Å². The van der Waals surface area contributed by atoms with E-state index in [0.717, 1.165) is 140 Å². The fourth-order valence-electron chi connectivity index (χ4n) is 20.0. The number of carbonyl (C=O) groups excluding carboxylic acids is 2. The maximum absolute atomic E-state index is 11.9. The van der Waals surface area contributed by atoms with Crippen LogP contribution in [-0.2, 0) is 54.1 Å². The van der Waals surface area contributed by atoms with Gasteiger partial charge in [-0.1, -0.05) is 211 Å². The van der Waals surface area contributed by atoms with Crippen LogP contribution in [0.25, 0.3) is 0 Å². The second kappa shape index (κ2) is 44.2. The molecule has 0 aliphatic heterocycles. The molecule has 142 heavy (non-hydrogen) atoms. The Bertz CT molecular complexity index is 5990. The minimum absolute atomic E-state index is 0. The van der Waals surface area contributed by atoms with Gasteiger partial charge >= 0.3 is 77.0 Å². The topological polar surface area (TPSA) is 311 Å². The second-order valence-electron chi connectivity index (χ2n) is 46.8. The summed E-state index contributed by atoms with van der Waals surface area (Å²) in [6.45, 7) is 67.1.